The number of aryl methyl sites for hydroxylation is 1. The van der Waals surface area contributed by atoms with E-state index in [0.29, 0.717) is 30.3 Å². The summed E-state index contributed by atoms with van der Waals surface area (Å²) in [6, 6.07) is 21.7. The summed E-state index contributed by atoms with van der Waals surface area (Å²) >= 11 is 0. The lowest BCUT2D eigenvalue weighted by Gasteiger charge is -2.11. The summed E-state index contributed by atoms with van der Waals surface area (Å²) in [5.74, 6) is 0.171. The molecule has 1 aromatic heterocycles. The molecule has 174 valence electrons. The first-order valence-corrected chi connectivity index (χ1v) is 12.1. The van der Waals surface area contributed by atoms with Gasteiger partial charge < -0.3 is 10.1 Å². The Bertz CT molecular complexity index is 1370. The molecule has 0 saturated heterocycles. The largest absolute Gasteiger partial charge is 0.492 e. The van der Waals surface area contributed by atoms with Crippen LogP contribution in [-0.2, 0) is 16.6 Å². The molecule has 0 fully saturated rings. The van der Waals surface area contributed by atoms with Gasteiger partial charge in [0.15, 0.2) is 0 Å². The van der Waals surface area contributed by atoms with Crippen molar-refractivity contribution >= 4 is 27.3 Å². The molecule has 2 N–H and O–H groups in total. The molecule has 1 heterocycles. The normalized spacial score (nSPS) is 11.1. The van der Waals surface area contributed by atoms with Gasteiger partial charge in [-0.1, -0.05) is 29.8 Å². The van der Waals surface area contributed by atoms with Gasteiger partial charge in [0.25, 0.3) is 15.9 Å². The molecule has 0 aliphatic rings. The van der Waals surface area contributed by atoms with Gasteiger partial charge in [-0.3, -0.25) is 14.2 Å². The van der Waals surface area contributed by atoms with Crippen molar-refractivity contribution in [3.63, 3.8) is 0 Å². The number of aromatic nitrogens is 2. The second-order valence-electron chi connectivity index (χ2n) is 7.60. The first-order chi connectivity index (χ1) is 16.4. The Labute approximate surface area is 198 Å². The minimum Gasteiger partial charge on any atom is -0.492 e. The third-order valence-corrected chi connectivity index (χ3v) is 6.33. The first-order valence-electron chi connectivity index (χ1n) is 10.6. The number of carbonyl (C=O) groups is 1. The predicted molar refractivity (Wildman–Crippen MR) is 131 cm³/mol. The van der Waals surface area contributed by atoms with Crippen LogP contribution in [0.2, 0.25) is 0 Å². The van der Waals surface area contributed by atoms with Crippen LogP contribution in [0.1, 0.15) is 15.9 Å². The van der Waals surface area contributed by atoms with E-state index in [1.54, 1.807) is 53.3 Å². The van der Waals surface area contributed by atoms with Gasteiger partial charge in [-0.2, -0.15) is 5.10 Å². The van der Waals surface area contributed by atoms with Crippen molar-refractivity contribution in [2.24, 2.45) is 0 Å². The van der Waals surface area contributed by atoms with Crippen LogP contribution in [0, 0.1) is 6.92 Å². The Morgan fingerprint density at radius 1 is 0.971 bits per heavy atom. The van der Waals surface area contributed by atoms with Gasteiger partial charge in [0.2, 0.25) is 0 Å². The van der Waals surface area contributed by atoms with Crippen molar-refractivity contribution in [2.75, 3.05) is 16.6 Å². The van der Waals surface area contributed by atoms with Crippen molar-refractivity contribution in [1.29, 1.82) is 0 Å². The number of hydrogen-bond donors (Lipinski definition) is 2. The highest BCUT2D eigenvalue weighted by Gasteiger charge is 2.17. The Hall–Kier alpha value is -4.11. The number of carbonyl (C=O) groups excluding carboxylic acids is 1. The number of ether oxygens (including phenoxy) is 1. The fraction of sp³-hybridized carbons (Fsp3) is 0.120. The van der Waals surface area contributed by atoms with E-state index >= 15 is 0 Å². The van der Waals surface area contributed by atoms with E-state index < -0.39 is 15.9 Å². The monoisotopic (exact) mass is 476 g/mol. The van der Waals surface area contributed by atoms with Crippen LogP contribution in [0.5, 0.6) is 5.75 Å². The molecule has 4 aromatic rings. The second-order valence-corrected chi connectivity index (χ2v) is 9.28. The van der Waals surface area contributed by atoms with Gasteiger partial charge in [0.05, 0.1) is 11.4 Å². The number of sulfonamides is 1. The minimum absolute atomic E-state index is 0.00331. The van der Waals surface area contributed by atoms with E-state index in [2.05, 4.69) is 15.1 Å². The molecule has 1 amide bonds. The number of hydrogen-bond acceptors (Lipinski definition) is 5. The summed E-state index contributed by atoms with van der Waals surface area (Å²) in [5, 5.41) is 6.91. The van der Waals surface area contributed by atoms with Crippen molar-refractivity contribution in [1.82, 2.24) is 9.78 Å². The fourth-order valence-electron chi connectivity index (χ4n) is 3.20. The maximum Gasteiger partial charge on any atom is 0.261 e. The summed E-state index contributed by atoms with van der Waals surface area (Å²) in [5.41, 5.74) is 2.23. The van der Waals surface area contributed by atoms with Crippen molar-refractivity contribution in [3.05, 3.63) is 102 Å². The second kappa shape index (κ2) is 10.2. The van der Waals surface area contributed by atoms with Gasteiger partial charge in [-0.15, -0.1) is 0 Å². The summed E-state index contributed by atoms with van der Waals surface area (Å²) in [6.45, 7) is 2.94. The molecule has 0 atom stereocenters. The highest BCUT2D eigenvalue weighted by molar-refractivity contribution is 7.92. The van der Waals surface area contributed by atoms with Gasteiger partial charge in [0.1, 0.15) is 12.4 Å². The van der Waals surface area contributed by atoms with Gasteiger partial charge in [-0.05, 0) is 55.5 Å². The average molecular weight is 477 g/mol. The number of rotatable bonds is 9. The van der Waals surface area contributed by atoms with Crippen molar-refractivity contribution in [3.8, 4) is 5.75 Å². The zero-order valence-electron chi connectivity index (χ0n) is 18.5. The topological polar surface area (TPSA) is 102 Å². The molecule has 0 saturated carbocycles. The smallest absolute Gasteiger partial charge is 0.261 e. The maximum absolute atomic E-state index is 12.8. The van der Waals surface area contributed by atoms with E-state index in [1.165, 1.54) is 18.2 Å². The molecule has 8 nitrogen and oxygen atoms in total. The van der Waals surface area contributed by atoms with Crippen LogP contribution in [0.25, 0.3) is 0 Å². The Morgan fingerprint density at radius 3 is 2.53 bits per heavy atom. The van der Waals surface area contributed by atoms with Crippen LogP contribution in [0.15, 0.2) is 96.2 Å². The molecule has 0 radical (unpaired) electrons. The molecule has 0 unspecified atom stereocenters. The van der Waals surface area contributed by atoms with Crippen LogP contribution in [0.4, 0.5) is 11.4 Å². The van der Waals surface area contributed by atoms with E-state index in [4.69, 9.17) is 4.74 Å². The lowest BCUT2D eigenvalue weighted by atomic mass is 10.2. The third kappa shape index (κ3) is 6.02. The number of benzene rings is 3. The molecular formula is C25H24N4O4S. The quantitative estimate of drug-likeness (QED) is 0.375. The Kier molecular flexibility index (Phi) is 6.93. The molecule has 0 spiro atoms. The lowest BCUT2D eigenvalue weighted by Crippen LogP contribution is -2.16. The zero-order chi connectivity index (χ0) is 24.0. The predicted octanol–water partition coefficient (Wildman–Crippen LogP) is 4.32. The molecular weight excluding hydrogens is 452 g/mol. The highest BCUT2D eigenvalue weighted by Crippen LogP contribution is 2.20. The molecule has 34 heavy (non-hydrogen) atoms. The van der Waals surface area contributed by atoms with Crippen LogP contribution >= 0.6 is 0 Å². The summed E-state index contributed by atoms with van der Waals surface area (Å²) in [6.07, 6.45) is 3.56. The fourth-order valence-corrected chi connectivity index (χ4v) is 4.30. The average Bonchev–Trinajstić information content (AvgIpc) is 3.34. The maximum atomic E-state index is 12.8. The lowest BCUT2D eigenvalue weighted by molar-refractivity contribution is 0.102. The van der Waals surface area contributed by atoms with E-state index in [9.17, 15) is 13.2 Å². The number of nitrogens with zero attached hydrogens (tertiary/aromatic N) is 2. The van der Waals surface area contributed by atoms with Crippen molar-refractivity contribution in [2.45, 2.75) is 18.4 Å². The van der Waals surface area contributed by atoms with Gasteiger partial charge in [0, 0.05) is 35.4 Å². The third-order valence-electron chi connectivity index (χ3n) is 4.95. The molecule has 0 bridgehead atoms. The van der Waals surface area contributed by atoms with E-state index in [-0.39, 0.29) is 10.5 Å². The minimum atomic E-state index is -3.85. The molecule has 0 aliphatic carbocycles. The summed E-state index contributed by atoms with van der Waals surface area (Å²) in [7, 11) is -3.85. The Morgan fingerprint density at radius 2 is 1.76 bits per heavy atom. The van der Waals surface area contributed by atoms with E-state index in [1.807, 2.05) is 31.3 Å². The van der Waals surface area contributed by atoms with Crippen molar-refractivity contribution < 1.29 is 17.9 Å². The van der Waals surface area contributed by atoms with Crippen LogP contribution < -0.4 is 14.8 Å². The first kappa shape index (κ1) is 23.1. The molecule has 0 aliphatic heterocycles. The van der Waals surface area contributed by atoms with Crippen LogP contribution in [0.3, 0.4) is 0 Å². The SMILES string of the molecule is Cc1ccc(NS(=O)(=O)c2cccc(C(=O)Nc3cccc(OCCn4cccn4)c3)c2)cc1. The van der Waals surface area contributed by atoms with Crippen LogP contribution in [-0.4, -0.2) is 30.7 Å². The molecule has 4 rings (SSSR count). The van der Waals surface area contributed by atoms with Gasteiger partial charge in [-0.25, -0.2) is 8.42 Å². The Balaban J connectivity index is 1.41. The highest BCUT2D eigenvalue weighted by atomic mass is 32.2. The zero-order valence-corrected chi connectivity index (χ0v) is 19.3. The molecule has 3 aromatic carbocycles. The number of amides is 1. The molecule has 9 heteroatoms. The number of nitrogens with one attached hydrogen (secondary N) is 2. The summed E-state index contributed by atoms with van der Waals surface area (Å²) < 4.78 is 35.6. The summed E-state index contributed by atoms with van der Waals surface area (Å²) in [4.78, 5) is 12.8. The number of anilines is 2. The van der Waals surface area contributed by atoms with E-state index in [0.717, 1.165) is 5.56 Å². The van der Waals surface area contributed by atoms with Gasteiger partial charge >= 0.3 is 0 Å². The standard InChI is InChI=1S/C25H24N4O4S/c1-19-9-11-21(12-10-19)28-34(31,32)24-8-2-5-20(17-24)25(30)27-22-6-3-7-23(18-22)33-16-15-29-14-4-13-26-29/h2-14,17-18,28H,15-16H2,1H3,(H,27,30).